The first-order valence-electron chi connectivity index (χ1n) is 9.62. The summed E-state index contributed by atoms with van der Waals surface area (Å²) in [5.74, 6) is 0.988. The second kappa shape index (κ2) is 7.33. The van der Waals surface area contributed by atoms with Crippen LogP contribution in [0.15, 0.2) is 12.4 Å². The van der Waals surface area contributed by atoms with Crippen LogP contribution in [0.3, 0.4) is 0 Å². The molecule has 3 fully saturated rings. The number of carbonyl (C=O) groups is 1. The summed E-state index contributed by atoms with van der Waals surface area (Å²) in [6.07, 6.45) is 10.4. The fourth-order valence-corrected chi connectivity index (χ4v) is 4.49. The highest BCUT2D eigenvalue weighted by atomic mass is 16.5. The van der Waals surface area contributed by atoms with Gasteiger partial charge in [-0.25, -0.2) is 9.78 Å². The molecule has 1 aromatic rings. The Labute approximate surface area is 149 Å². The monoisotopic (exact) mass is 347 g/mol. The minimum atomic E-state index is 0.0535. The van der Waals surface area contributed by atoms with E-state index >= 15 is 0 Å². The Morgan fingerprint density at radius 3 is 2.84 bits per heavy atom. The standard InChI is InChI=1S/C18H29N5O2/c24-17(21-15-3-12-25-18(13-15)4-1-2-5-18)23-10-8-22(9-11-23)14-16-19-6-7-20-16/h6-7,15H,1-5,8-14H2,(H,19,20)(H,21,24). The van der Waals surface area contributed by atoms with E-state index < -0.39 is 0 Å². The number of hydrogen-bond donors (Lipinski definition) is 2. The summed E-state index contributed by atoms with van der Waals surface area (Å²) in [6, 6.07) is 0.359. The number of H-pyrrole nitrogens is 1. The van der Waals surface area contributed by atoms with Gasteiger partial charge in [-0.2, -0.15) is 0 Å². The van der Waals surface area contributed by atoms with E-state index in [1.807, 2.05) is 11.1 Å². The first kappa shape index (κ1) is 16.8. The lowest BCUT2D eigenvalue weighted by Gasteiger charge is -2.40. The van der Waals surface area contributed by atoms with Crippen LogP contribution >= 0.6 is 0 Å². The molecule has 138 valence electrons. The second-order valence-corrected chi connectivity index (χ2v) is 7.68. The lowest BCUT2D eigenvalue weighted by molar-refractivity contribution is -0.0824. The SMILES string of the molecule is O=C(NC1CCOC2(CCCC2)C1)N1CCN(Cc2ncc[nH]2)CC1. The van der Waals surface area contributed by atoms with Crippen LogP contribution in [0.1, 0.15) is 44.3 Å². The topological polar surface area (TPSA) is 73.5 Å². The number of ether oxygens (including phenoxy) is 1. The van der Waals surface area contributed by atoms with Crippen molar-refractivity contribution >= 4 is 6.03 Å². The number of amides is 2. The summed E-state index contributed by atoms with van der Waals surface area (Å²) in [6.45, 7) is 4.95. The number of aromatic amines is 1. The van der Waals surface area contributed by atoms with Crippen molar-refractivity contribution in [2.75, 3.05) is 32.8 Å². The molecule has 2 N–H and O–H groups in total. The van der Waals surface area contributed by atoms with Crippen molar-refractivity contribution in [3.8, 4) is 0 Å². The molecule has 1 aliphatic carbocycles. The molecule has 7 nitrogen and oxygen atoms in total. The minimum absolute atomic E-state index is 0.0535. The van der Waals surface area contributed by atoms with E-state index in [2.05, 4.69) is 20.2 Å². The fourth-order valence-electron chi connectivity index (χ4n) is 4.49. The molecule has 0 bridgehead atoms. The number of piperazine rings is 1. The van der Waals surface area contributed by atoms with E-state index in [1.54, 1.807) is 6.20 Å². The van der Waals surface area contributed by atoms with Crippen molar-refractivity contribution in [1.29, 1.82) is 0 Å². The van der Waals surface area contributed by atoms with Crippen molar-refractivity contribution in [2.45, 2.75) is 56.7 Å². The number of nitrogens with one attached hydrogen (secondary N) is 2. The number of imidazole rings is 1. The zero-order valence-electron chi connectivity index (χ0n) is 14.9. The average molecular weight is 347 g/mol. The van der Waals surface area contributed by atoms with Crippen molar-refractivity contribution < 1.29 is 9.53 Å². The summed E-state index contributed by atoms with van der Waals surface area (Å²) in [7, 11) is 0. The van der Waals surface area contributed by atoms with E-state index in [9.17, 15) is 4.79 Å². The molecule has 0 aromatic carbocycles. The molecule has 25 heavy (non-hydrogen) atoms. The molecule has 2 aliphatic heterocycles. The molecule has 0 radical (unpaired) electrons. The van der Waals surface area contributed by atoms with Crippen molar-refractivity contribution in [1.82, 2.24) is 25.1 Å². The zero-order valence-corrected chi connectivity index (χ0v) is 14.9. The Morgan fingerprint density at radius 1 is 1.32 bits per heavy atom. The normalized spacial score (nSPS) is 26.9. The van der Waals surface area contributed by atoms with Crippen LogP contribution in [0, 0.1) is 0 Å². The highest BCUT2D eigenvalue weighted by molar-refractivity contribution is 5.74. The number of aromatic nitrogens is 2. The van der Waals surface area contributed by atoms with E-state index in [0.29, 0.717) is 0 Å². The average Bonchev–Trinajstić information content (AvgIpc) is 3.28. The Kier molecular flexibility index (Phi) is 4.94. The van der Waals surface area contributed by atoms with Gasteiger partial charge in [0.15, 0.2) is 0 Å². The third-order valence-electron chi connectivity index (χ3n) is 5.92. The first-order chi connectivity index (χ1) is 12.2. The van der Waals surface area contributed by atoms with Gasteiger partial charge < -0.3 is 19.9 Å². The number of nitrogens with zero attached hydrogens (tertiary/aromatic N) is 3. The van der Waals surface area contributed by atoms with Crippen molar-refractivity contribution in [3.63, 3.8) is 0 Å². The van der Waals surface area contributed by atoms with Crippen molar-refractivity contribution in [3.05, 3.63) is 18.2 Å². The summed E-state index contributed by atoms with van der Waals surface area (Å²) in [5, 5.41) is 3.27. The Hall–Kier alpha value is -1.60. The van der Waals surface area contributed by atoms with Gasteiger partial charge in [0, 0.05) is 51.2 Å². The maximum atomic E-state index is 12.6. The van der Waals surface area contributed by atoms with E-state index in [-0.39, 0.29) is 17.7 Å². The van der Waals surface area contributed by atoms with Crippen LogP contribution in [-0.4, -0.2) is 70.2 Å². The Balaban J connectivity index is 1.23. The summed E-state index contributed by atoms with van der Waals surface area (Å²) in [5.41, 5.74) is 0.0535. The van der Waals surface area contributed by atoms with Crippen LogP contribution in [0.5, 0.6) is 0 Å². The fraction of sp³-hybridized carbons (Fsp3) is 0.778. The van der Waals surface area contributed by atoms with Gasteiger partial charge in [0.25, 0.3) is 0 Å². The van der Waals surface area contributed by atoms with Crippen LogP contribution in [-0.2, 0) is 11.3 Å². The quantitative estimate of drug-likeness (QED) is 0.873. The molecule has 1 spiro atoms. The smallest absolute Gasteiger partial charge is 0.317 e. The van der Waals surface area contributed by atoms with E-state index in [0.717, 1.165) is 70.8 Å². The molecule has 1 unspecified atom stereocenters. The molecule has 1 aromatic heterocycles. The predicted octanol–water partition coefficient (Wildman–Crippen LogP) is 1.73. The first-order valence-corrected chi connectivity index (χ1v) is 9.62. The van der Waals surface area contributed by atoms with E-state index in [4.69, 9.17) is 4.74 Å². The third kappa shape index (κ3) is 3.98. The lowest BCUT2D eigenvalue weighted by atomic mass is 9.89. The van der Waals surface area contributed by atoms with Gasteiger partial charge in [0.1, 0.15) is 5.82 Å². The molecule has 2 amide bonds. The zero-order chi connectivity index (χ0) is 17.1. The van der Waals surface area contributed by atoms with Gasteiger partial charge in [0.2, 0.25) is 0 Å². The van der Waals surface area contributed by atoms with Gasteiger partial charge in [-0.15, -0.1) is 0 Å². The second-order valence-electron chi connectivity index (χ2n) is 7.68. The maximum Gasteiger partial charge on any atom is 0.317 e. The molecule has 3 aliphatic rings. The van der Waals surface area contributed by atoms with Crippen LogP contribution in [0.25, 0.3) is 0 Å². The maximum absolute atomic E-state index is 12.6. The van der Waals surface area contributed by atoms with Gasteiger partial charge >= 0.3 is 6.03 Å². The number of carbonyl (C=O) groups excluding carboxylic acids is 1. The molecule has 3 heterocycles. The molecule has 1 atom stereocenters. The molecule has 7 heteroatoms. The molecular weight excluding hydrogens is 318 g/mol. The Morgan fingerprint density at radius 2 is 2.12 bits per heavy atom. The third-order valence-corrected chi connectivity index (χ3v) is 5.92. The van der Waals surface area contributed by atoms with Gasteiger partial charge in [-0.1, -0.05) is 12.8 Å². The van der Waals surface area contributed by atoms with Gasteiger partial charge in [0.05, 0.1) is 12.1 Å². The summed E-state index contributed by atoms with van der Waals surface area (Å²) >= 11 is 0. The van der Waals surface area contributed by atoms with E-state index in [1.165, 1.54) is 12.8 Å². The number of hydrogen-bond acceptors (Lipinski definition) is 4. The number of rotatable bonds is 3. The van der Waals surface area contributed by atoms with Crippen LogP contribution in [0.4, 0.5) is 4.79 Å². The predicted molar refractivity (Wildman–Crippen MR) is 94.1 cm³/mol. The molecule has 1 saturated carbocycles. The van der Waals surface area contributed by atoms with Crippen molar-refractivity contribution in [2.24, 2.45) is 0 Å². The molecular formula is C18H29N5O2. The Bertz CT molecular complexity index is 562. The highest BCUT2D eigenvalue weighted by Crippen LogP contribution is 2.39. The van der Waals surface area contributed by atoms with Crippen LogP contribution in [0.2, 0.25) is 0 Å². The minimum Gasteiger partial charge on any atom is -0.375 e. The number of urea groups is 1. The van der Waals surface area contributed by atoms with Crippen LogP contribution < -0.4 is 5.32 Å². The lowest BCUT2D eigenvalue weighted by Crippen LogP contribution is -2.55. The largest absolute Gasteiger partial charge is 0.375 e. The highest BCUT2D eigenvalue weighted by Gasteiger charge is 2.40. The molecule has 4 rings (SSSR count). The summed E-state index contributed by atoms with van der Waals surface area (Å²) in [4.78, 5) is 24.3. The summed E-state index contributed by atoms with van der Waals surface area (Å²) < 4.78 is 6.07. The van der Waals surface area contributed by atoms with Gasteiger partial charge in [-0.05, 0) is 25.7 Å². The molecule has 2 saturated heterocycles. The van der Waals surface area contributed by atoms with Gasteiger partial charge in [-0.3, -0.25) is 4.90 Å².